The first-order valence-electron chi connectivity index (χ1n) is 13.8. The highest BCUT2D eigenvalue weighted by Crippen LogP contribution is 2.23. The van der Waals surface area contributed by atoms with Crippen molar-refractivity contribution in [3.63, 3.8) is 0 Å². The fourth-order valence-electron chi connectivity index (χ4n) is 4.82. The molecule has 0 unspecified atom stereocenters. The van der Waals surface area contributed by atoms with Gasteiger partial charge in [0.25, 0.3) is 0 Å². The van der Waals surface area contributed by atoms with Crippen LogP contribution in [-0.4, -0.2) is 50.0 Å². The van der Waals surface area contributed by atoms with Crippen LogP contribution in [0.1, 0.15) is 48.9 Å². The Morgan fingerprint density at radius 1 is 0.902 bits per heavy atom. The summed E-state index contributed by atoms with van der Waals surface area (Å²) >= 11 is 3.46. The van der Waals surface area contributed by atoms with Gasteiger partial charge in [-0.1, -0.05) is 64.5 Å². The highest BCUT2D eigenvalue weighted by molar-refractivity contribution is 9.10. The molecule has 3 rings (SSSR count). The van der Waals surface area contributed by atoms with Crippen LogP contribution >= 0.6 is 15.9 Å². The lowest BCUT2D eigenvalue weighted by Crippen LogP contribution is -2.51. The number of aryl methyl sites for hydroxylation is 2. The fraction of sp³-hybridized carbons (Fsp3) is 0.375. The van der Waals surface area contributed by atoms with Gasteiger partial charge in [0, 0.05) is 36.4 Å². The molecular formula is C32H40BrN3O4S. The molecule has 2 amide bonds. The second-order valence-electron chi connectivity index (χ2n) is 10.8. The van der Waals surface area contributed by atoms with Crippen molar-refractivity contribution in [2.75, 3.05) is 17.1 Å². The van der Waals surface area contributed by atoms with Gasteiger partial charge in [-0.3, -0.25) is 13.9 Å². The van der Waals surface area contributed by atoms with Crippen molar-refractivity contribution in [3.05, 3.63) is 99.5 Å². The van der Waals surface area contributed by atoms with Gasteiger partial charge < -0.3 is 10.2 Å². The molecule has 41 heavy (non-hydrogen) atoms. The molecule has 0 radical (unpaired) electrons. The fourth-order valence-corrected chi connectivity index (χ4v) is 6.03. The van der Waals surface area contributed by atoms with E-state index < -0.39 is 16.1 Å². The van der Waals surface area contributed by atoms with Crippen LogP contribution in [0.5, 0.6) is 0 Å². The first-order chi connectivity index (χ1) is 19.3. The molecule has 1 atom stereocenters. The first-order valence-corrected chi connectivity index (χ1v) is 16.4. The molecule has 0 aliphatic rings. The third kappa shape index (κ3) is 10.0. The summed E-state index contributed by atoms with van der Waals surface area (Å²) in [5, 5.41) is 2.99. The summed E-state index contributed by atoms with van der Waals surface area (Å²) < 4.78 is 27.7. The van der Waals surface area contributed by atoms with Crippen LogP contribution < -0.4 is 9.62 Å². The summed E-state index contributed by atoms with van der Waals surface area (Å²) in [7, 11) is -3.57. The van der Waals surface area contributed by atoms with E-state index in [1.807, 2.05) is 100 Å². The Morgan fingerprint density at radius 2 is 1.51 bits per heavy atom. The summed E-state index contributed by atoms with van der Waals surface area (Å²) in [5.41, 5.74) is 4.35. The maximum atomic E-state index is 13.9. The first kappa shape index (κ1) is 32.3. The van der Waals surface area contributed by atoms with Gasteiger partial charge >= 0.3 is 0 Å². The van der Waals surface area contributed by atoms with Crippen molar-refractivity contribution in [2.24, 2.45) is 0 Å². The molecule has 0 saturated heterocycles. The Bertz CT molecular complexity index is 1410. The number of anilines is 1. The van der Waals surface area contributed by atoms with Crippen LogP contribution in [0.25, 0.3) is 0 Å². The summed E-state index contributed by atoms with van der Waals surface area (Å²) in [5.74, 6) is -0.427. The number of benzene rings is 3. The number of nitrogens with one attached hydrogen (secondary N) is 1. The normalized spacial score (nSPS) is 12.2. The minimum Gasteiger partial charge on any atom is -0.352 e. The highest BCUT2D eigenvalue weighted by atomic mass is 79.9. The maximum absolute atomic E-state index is 13.9. The Labute approximate surface area is 253 Å². The van der Waals surface area contributed by atoms with Gasteiger partial charge in [0.15, 0.2) is 0 Å². The van der Waals surface area contributed by atoms with Gasteiger partial charge in [0.1, 0.15) is 6.04 Å². The summed E-state index contributed by atoms with van der Waals surface area (Å²) in [6, 6.07) is 22.2. The monoisotopic (exact) mass is 641 g/mol. The lowest BCUT2D eigenvalue weighted by Gasteiger charge is -2.32. The van der Waals surface area contributed by atoms with Crippen molar-refractivity contribution >= 4 is 43.5 Å². The number of sulfonamides is 1. The van der Waals surface area contributed by atoms with Gasteiger partial charge in [-0.2, -0.15) is 0 Å². The number of hydrogen-bond donors (Lipinski definition) is 1. The standard InChI is InChI=1S/C32H40BrN3O4S/c1-23(2)34-32(38)30(21-26-10-7-6-8-11-26)35(22-27-13-15-28(33)16-14-27)31(37)12-9-17-36(41(5,39)40)29-19-24(3)18-25(4)20-29/h6-8,10-11,13-16,18-20,23,30H,9,12,17,21-22H2,1-5H3,(H,34,38)/t30-/m1/s1. The van der Waals surface area contributed by atoms with Crippen molar-refractivity contribution < 1.29 is 18.0 Å². The predicted octanol–water partition coefficient (Wildman–Crippen LogP) is 5.78. The van der Waals surface area contributed by atoms with E-state index in [-0.39, 0.29) is 37.4 Å². The average Bonchev–Trinajstić information content (AvgIpc) is 2.88. The van der Waals surface area contributed by atoms with Crippen LogP contribution in [-0.2, 0) is 32.6 Å². The van der Waals surface area contributed by atoms with E-state index in [0.717, 1.165) is 26.7 Å². The largest absolute Gasteiger partial charge is 0.352 e. The Hall–Kier alpha value is -3.17. The Balaban J connectivity index is 1.89. The molecule has 0 spiro atoms. The number of carbonyl (C=O) groups is 2. The molecule has 3 aromatic carbocycles. The quantitative estimate of drug-likeness (QED) is 0.256. The molecule has 9 heteroatoms. The average molecular weight is 643 g/mol. The number of halogens is 1. The lowest BCUT2D eigenvalue weighted by molar-refractivity contribution is -0.141. The van der Waals surface area contributed by atoms with Gasteiger partial charge in [-0.15, -0.1) is 0 Å². The molecule has 0 aliphatic heterocycles. The van der Waals surface area contributed by atoms with E-state index in [2.05, 4.69) is 21.2 Å². The Kier molecular flexibility index (Phi) is 11.5. The molecule has 0 fully saturated rings. The molecule has 3 aromatic rings. The topological polar surface area (TPSA) is 86.8 Å². The van der Waals surface area contributed by atoms with Gasteiger partial charge in [-0.05, 0) is 80.6 Å². The minimum atomic E-state index is -3.57. The number of carbonyl (C=O) groups excluding carboxylic acids is 2. The van der Waals surface area contributed by atoms with Crippen LogP contribution in [0.2, 0.25) is 0 Å². The van der Waals surface area contributed by atoms with Gasteiger partial charge in [-0.25, -0.2) is 8.42 Å². The minimum absolute atomic E-state index is 0.0909. The van der Waals surface area contributed by atoms with Crippen LogP contribution in [0.4, 0.5) is 5.69 Å². The van der Waals surface area contributed by atoms with Crippen LogP contribution in [0.15, 0.2) is 77.3 Å². The van der Waals surface area contributed by atoms with E-state index >= 15 is 0 Å². The second kappa shape index (κ2) is 14.6. The summed E-state index contributed by atoms with van der Waals surface area (Å²) in [6.45, 7) is 8.05. The highest BCUT2D eigenvalue weighted by Gasteiger charge is 2.31. The molecule has 0 heterocycles. The molecule has 7 nitrogen and oxygen atoms in total. The SMILES string of the molecule is Cc1cc(C)cc(N(CCCC(=O)N(Cc2ccc(Br)cc2)[C@H](Cc2ccccc2)C(=O)NC(C)C)S(C)(=O)=O)c1. The van der Waals surface area contributed by atoms with Gasteiger partial charge in [0.2, 0.25) is 21.8 Å². The molecule has 0 aromatic heterocycles. The van der Waals surface area contributed by atoms with Gasteiger partial charge in [0.05, 0.1) is 11.9 Å². The summed E-state index contributed by atoms with van der Waals surface area (Å²) in [4.78, 5) is 29.0. The molecular weight excluding hydrogens is 602 g/mol. The second-order valence-corrected chi connectivity index (χ2v) is 13.6. The van der Waals surface area contributed by atoms with E-state index in [0.29, 0.717) is 18.5 Å². The van der Waals surface area contributed by atoms with Crippen molar-refractivity contribution in [1.82, 2.24) is 10.2 Å². The lowest BCUT2D eigenvalue weighted by atomic mass is 10.0. The van der Waals surface area contributed by atoms with Crippen molar-refractivity contribution in [1.29, 1.82) is 0 Å². The van der Waals surface area contributed by atoms with Crippen molar-refractivity contribution in [2.45, 2.75) is 65.6 Å². The van der Waals surface area contributed by atoms with E-state index in [9.17, 15) is 18.0 Å². The maximum Gasteiger partial charge on any atom is 0.243 e. The third-order valence-electron chi connectivity index (χ3n) is 6.61. The molecule has 1 N–H and O–H groups in total. The summed E-state index contributed by atoms with van der Waals surface area (Å²) in [6.07, 6.45) is 1.94. The zero-order valence-corrected chi connectivity index (χ0v) is 26.8. The van der Waals surface area contributed by atoms with E-state index in [4.69, 9.17) is 0 Å². The number of nitrogens with zero attached hydrogens (tertiary/aromatic N) is 2. The zero-order chi connectivity index (χ0) is 30.2. The smallest absolute Gasteiger partial charge is 0.243 e. The number of hydrogen-bond acceptors (Lipinski definition) is 4. The molecule has 0 bridgehead atoms. The van der Waals surface area contributed by atoms with Crippen molar-refractivity contribution in [3.8, 4) is 0 Å². The van der Waals surface area contributed by atoms with E-state index in [1.165, 1.54) is 10.6 Å². The van der Waals surface area contributed by atoms with E-state index in [1.54, 1.807) is 4.90 Å². The molecule has 0 aliphatic carbocycles. The van der Waals surface area contributed by atoms with Crippen LogP contribution in [0, 0.1) is 13.8 Å². The molecule has 220 valence electrons. The predicted molar refractivity (Wildman–Crippen MR) is 169 cm³/mol. The Morgan fingerprint density at radius 3 is 2.07 bits per heavy atom. The van der Waals surface area contributed by atoms with Crippen LogP contribution in [0.3, 0.4) is 0 Å². The zero-order valence-electron chi connectivity index (χ0n) is 24.4. The number of rotatable bonds is 13. The molecule has 0 saturated carbocycles. The third-order valence-corrected chi connectivity index (χ3v) is 8.34. The number of amides is 2.